The number of imidazole rings is 1. The van der Waals surface area contributed by atoms with Crippen LogP contribution < -0.4 is 109 Å². The van der Waals surface area contributed by atoms with Gasteiger partial charge in [0, 0.05) is 48.3 Å². The third-order valence-corrected chi connectivity index (χ3v) is 21.8. The van der Waals surface area contributed by atoms with Crippen LogP contribution in [-0.4, -0.2) is 221 Å². The van der Waals surface area contributed by atoms with E-state index in [-0.39, 0.29) is 108 Å². The summed E-state index contributed by atoms with van der Waals surface area (Å²) < 4.78 is 0. The summed E-state index contributed by atoms with van der Waals surface area (Å²) >= 11 is 0. The fourth-order valence-corrected chi connectivity index (χ4v) is 14.3. The molecule has 15 atom stereocenters. The Hall–Kier alpha value is -11.0. The lowest BCUT2D eigenvalue weighted by Gasteiger charge is -2.29. The number of hydrogen-bond donors (Lipinski definition) is 22. The highest BCUT2D eigenvalue weighted by Gasteiger charge is 2.39. The Kier molecular flexibility index (Phi) is 48.6. The molecule has 0 radical (unpaired) electrons. The number of primary amides is 1. The summed E-state index contributed by atoms with van der Waals surface area (Å²) in [5.74, 6) is -13.3. The molecule has 0 aliphatic carbocycles. The molecule has 2 aromatic heterocycles. The molecule has 0 fully saturated rings. The summed E-state index contributed by atoms with van der Waals surface area (Å²) in [5.41, 5.74) is 38.2. The van der Waals surface area contributed by atoms with E-state index >= 15 is 4.79 Å². The Balaban J connectivity index is 1.53. The van der Waals surface area contributed by atoms with E-state index in [2.05, 4.69) is 89.4 Å². The van der Waals surface area contributed by atoms with Gasteiger partial charge in [0.05, 0.1) is 18.9 Å². The van der Waals surface area contributed by atoms with Crippen molar-refractivity contribution in [2.45, 2.75) is 297 Å². The molecule has 0 saturated heterocycles. The number of carbonyl (C=O) groups excluding carboxylic acids is 15. The van der Waals surface area contributed by atoms with E-state index in [9.17, 15) is 67.1 Å². The smallest absolute Gasteiger partial charge is 0.243 e. The van der Waals surface area contributed by atoms with Crippen molar-refractivity contribution in [2.75, 3.05) is 32.7 Å². The molecule has 15 amide bonds. The van der Waals surface area contributed by atoms with Gasteiger partial charge in [0.2, 0.25) is 88.6 Å². The minimum Gasteiger partial charge on any atom is -0.368 e. The summed E-state index contributed by atoms with van der Waals surface area (Å²) in [7, 11) is 0. The molecule has 0 unspecified atom stereocenters. The molecule has 0 bridgehead atoms. The van der Waals surface area contributed by atoms with Gasteiger partial charge in [0.1, 0.15) is 78.5 Å². The van der Waals surface area contributed by atoms with Gasteiger partial charge in [-0.3, -0.25) is 71.9 Å². The lowest BCUT2D eigenvalue weighted by molar-refractivity contribution is -0.136. The maximum absolute atomic E-state index is 15.0. The predicted molar refractivity (Wildman–Crippen MR) is 485 cm³/mol. The zero-order valence-electron chi connectivity index (χ0n) is 76.5. The van der Waals surface area contributed by atoms with E-state index in [0.717, 1.165) is 10.9 Å². The molecule has 2 heterocycles. The van der Waals surface area contributed by atoms with Crippen molar-refractivity contribution < 1.29 is 71.9 Å². The number of nitrogens with two attached hydrogens (primary N) is 6. The van der Waals surface area contributed by atoms with E-state index in [4.69, 9.17) is 34.4 Å². The van der Waals surface area contributed by atoms with Gasteiger partial charge in [0.25, 0.3) is 0 Å². The van der Waals surface area contributed by atoms with Crippen molar-refractivity contribution in [3.63, 3.8) is 0 Å². The molecule has 0 spiro atoms. The van der Waals surface area contributed by atoms with Crippen molar-refractivity contribution in [1.29, 1.82) is 0 Å². The quantitative estimate of drug-likeness (QED) is 0.0262. The standard InChI is InChI=1S/C89H147N23O15/c1-14-55(12)75(87(125)98-48-72(113)100-56(13)77(115)110-73(53(8)9)89(127)109-69(42-52(6)7)83(121)104-65(34-22-26-38-92)81(119)111-74(54(10)11)88(126)105-67(76(95)114)40-50(2)3)112-82(120)66(35-23-27-39-93)101-79(117)63(32-20-24-36-90)102-85(123)70(43-57-28-16-15-17-29-57)108-84(122)68(41-51(4)5)107-80(118)64(33-21-25-37-91)103-86(124)71(44-58-46-97-62-31-19-18-30-60(58)62)106-78(116)61(94)45-59-47-96-49-99-59/h15-19,28-31,46-47,49-56,61,63-71,73-75,97H,14,20-27,32-45,48,90-94H2,1-13H3,(H2,95,114)(H,96,99)(H,98,125)(H,100,113)(H,101,117)(H,102,123)(H,103,124)(H,104,121)(H,105,126)(H,106,116)(H,107,118)(H,108,122)(H,109,127)(H,110,115)(H,111,119)(H,112,120)/t55-,56-,61-,63-,64-,65-,66-,67-,68-,69-,70-,71-,73-,74-,75-/m0/s1. The largest absolute Gasteiger partial charge is 0.368 e. The number of unbranched alkanes of at least 4 members (excludes halogenated alkanes) is 4. The highest BCUT2D eigenvalue weighted by Crippen LogP contribution is 2.22. The number of aromatic amines is 2. The van der Waals surface area contributed by atoms with Gasteiger partial charge >= 0.3 is 0 Å². The van der Waals surface area contributed by atoms with Gasteiger partial charge < -0.3 is 119 Å². The number of rotatable bonds is 61. The lowest BCUT2D eigenvalue weighted by atomic mass is 9.97. The third kappa shape index (κ3) is 38.6. The zero-order chi connectivity index (χ0) is 94.6. The topological polar surface area (TPSA) is 625 Å². The van der Waals surface area contributed by atoms with Crippen LogP contribution in [0.3, 0.4) is 0 Å². The number of benzene rings is 2. The summed E-state index contributed by atoms with van der Waals surface area (Å²) in [4.78, 5) is 223. The molecule has 28 N–H and O–H groups in total. The van der Waals surface area contributed by atoms with Gasteiger partial charge in [-0.05, 0) is 182 Å². The number of fused-ring (bicyclic) bond motifs is 1. The Morgan fingerprint density at radius 2 is 0.756 bits per heavy atom. The number of nitrogens with one attached hydrogen (secondary N) is 16. The van der Waals surface area contributed by atoms with Crippen LogP contribution in [-0.2, 0) is 91.2 Å². The maximum Gasteiger partial charge on any atom is 0.243 e. The van der Waals surface area contributed by atoms with Crippen LogP contribution in [0.5, 0.6) is 0 Å². The van der Waals surface area contributed by atoms with Crippen molar-refractivity contribution >= 4 is 99.5 Å². The number of para-hydroxylation sites is 1. The van der Waals surface area contributed by atoms with Crippen LogP contribution in [0.15, 0.2) is 73.3 Å². The predicted octanol–water partition coefficient (Wildman–Crippen LogP) is 0.182. The second kappa shape index (κ2) is 57.0. The number of hydrogen-bond acceptors (Lipinski definition) is 21. The third-order valence-electron chi connectivity index (χ3n) is 21.8. The van der Waals surface area contributed by atoms with Crippen molar-refractivity contribution in [3.8, 4) is 0 Å². The van der Waals surface area contributed by atoms with Crippen LogP contribution in [0.4, 0.5) is 0 Å². The Labute approximate surface area is 746 Å². The Bertz CT molecular complexity index is 4140. The average Bonchev–Trinajstić information content (AvgIpc) is 1.70. The molecule has 38 heteroatoms. The molecular weight excluding hydrogens is 1630 g/mol. The minimum atomic E-state index is -1.40. The average molecular weight is 1780 g/mol. The van der Waals surface area contributed by atoms with Gasteiger partial charge in [-0.2, -0.15) is 0 Å². The van der Waals surface area contributed by atoms with E-state index in [1.807, 2.05) is 65.8 Å². The maximum atomic E-state index is 15.0. The number of nitrogens with zero attached hydrogens (tertiary/aromatic N) is 1. The van der Waals surface area contributed by atoms with E-state index in [0.29, 0.717) is 74.6 Å². The van der Waals surface area contributed by atoms with Crippen molar-refractivity contribution in [2.24, 2.45) is 69.9 Å². The first-order valence-corrected chi connectivity index (χ1v) is 44.9. The molecule has 708 valence electrons. The fourth-order valence-electron chi connectivity index (χ4n) is 14.3. The van der Waals surface area contributed by atoms with E-state index < -0.39 is 197 Å². The summed E-state index contributed by atoms with van der Waals surface area (Å²) in [6.07, 6.45) is 8.85. The highest BCUT2D eigenvalue weighted by atomic mass is 16.2. The normalized spacial score (nSPS) is 15.0. The first-order valence-electron chi connectivity index (χ1n) is 44.9. The minimum absolute atomic E-state index is 0.00443. The second-order valence-corrected chi connectivity index (χ2v) is 35.0. The monoisotopic (exact) mass is 1780 g/mol. The summed E-state index contributed by atoms with van der Waals surface area (Å²) in [6, 6.07) is -1.28. The fraction of sp³-hybridized carbons (Fsp3) is 0.640. The molecule has 4 aromatic rings. The molecule has 2 aromatic carbocycles. The van der Waals surface area contributed by atoms with Gasteiger partial charge in [0.15, 0.2) is 0 Å². The van der Waals surface area contributed by atoms with Crippen LogP contribution in [0.1, 0.15) is 210 Å². The second-order valence-electron chi connectivity index (χ2n) is 35.0. The van der Waals surface area contributed by atoms with Crippen molar-refractivity contribution in [3.05, 3.63) is 90.1 Å². The first-order chi connectivity index (χ1) is 60.2. The Morgan fingerprint density at radius 3 is 1.19 bits per heavy atom. The van der Waals surface area contributed by atoms with Gasteiger partial charge in [-0.15, -0.1) is 0 Å². The van der Waals surface area contributed by atoms with Crippen LogP contribution >= 0.6 is 0 Å². The van der Waals surface area contributed by atoms with Crippen LogP contribution in [0, 0.1) is 35.5 Å². The SMILES string of the molecule is CC[C@H](C)[C@H](NC(=O)[C@H](CCCCN)NC(=O)[C@H](CCCCN)NC(=O)[C@H](Cc1ccccc1)NC(=O)[C@H](CC(C)C)NC(=O)[C@H](CCCCN)NC(=O)[C@H](Cc1c[nH]c2ccccc12)NC(=O)[C@@H](N)Cc1cnc[nH]1)C(=O)NCC(=O)N[C@@H](C)C(=O)N[C@H](C(=O)N[C@@H](CC(C)C)C(=O)N[C@@H](CCCCN)C(=O)N[C@H](C(=O)N[C@@H](CC(C)C)C(N)=O)C(C)C)C(C)C. The molecule has 38 nitrogen and oxygen atoms in total. The van der Waals surface area contributed by atoms with Gasteiger partial charge in [-0.25, -0.2) is 4.98 Å². The summed E-state index contributed by atoms with van der Waals surface area (Å²) in [5, 5.41) is 39.2. The Morgan fingerprint density at radius 1 is 0.378 bits per heavy atom. The van der Waals surface area contributed by atoms with E-state index in [1.165, 1.54) is 19.4 Å². The van der Waals surface area contributed by atoms with Crippen LogP contribution in [0.25, 0.3) is 10.9 Å². The van der Waals surface area contributed by atoms with E-state index in [1.54, 1.807) is 78.1 Å². The molecule has 0 saturated carbocycles. The number of H-pyrrole nitrogens is 2. The zero-order valence-corrected chi connectivity index (χ0v) is 76.5. The number of aromatic nitrogens is 3. The molecule has 127 heavy (non-hydrogen) atoms. The molecular formula is C89H147N23O15. The highest BCUT2D eigenvalue weighted by molar-refractivity contribution is 6.01. The first kappa shape index (κ1) is 108. The number of carbonyl (C=O) groups is 15. The molecule has 0 aliphatic rings. The van der Waals surface area contributed by atoms with Gasteiger partial charge in [-0.1, -0.05) is 138 Å². The lowest BCUT2D eigenvalue weighted by Crippen LogP contribution is -2.61. The number of amides is 15. The molecule has 4 rings (SSSR count). The van der Waals surface area contributed by atoms with Crippen LogP contribution in [0.2, 0.25) is 0 Å². The van der Waals surface area contributed by atoms with Crippen molar-refractivity contribution in [1.82, 2.24) is 89.4 Å². The molecule has 0 aliphatic heterocycles. The summed E-state index contributed by atoms with van der Waals surface area (Å²) in [6.45, 7) is 22.9.